The summed E-state index contributed by atoms with van der Waals surface area (Å²) in [6, 6.07) is 2.17. The molecular weight excluding hydrogens is 924 g/mol. The number of fused-ring (bicyclic) bond motifs is 6. The van der Waals surface area contributed by atoms with Crippen LogP contribution in [0.1, 0.15) is 51.8 Å². The highest BCUT2D eigenvalue weighted by Crippen LogP contribution is 2.55. The molecule has 0 aliphatic carbocycles. The summed E-state index contributed by atoms with van der Waals surface area (Å²) >= 11 is 0. The number of benzene rings is 5. The molecule has 5 aromatic rings. The van der Waals surface area contributed by atoms with Crippen molar-refractivity contribution in [3.63, 3.8) is 0 Å². The number of ether oxygens (including phenoxy) is 5. The van der Waals surface area contributed by atoms with E-state index in [1.54, 1.807) is 0 Å². The first-order valence-corrected chi connectivity index (χ1v) is 18.5. The number of carbonyl (C=O) groups excluding carboxylic acids is 5. The first kappa shape index (κ1) is 45.9. The molecule has 2 heterocycles. The number of aliphatic carboxylic acids is 1. The van der Waals surface area contributed by atoms with Crippen molar-refractivity contribution in [2.45, 2.75) is 24.4 Å². The third-order valence-electron chi connectivity index (χ3n) is 10.3. The largest absolute Gasteiger partial charge is 0.504 e. The lowest BCUT2D eigenvalue weighted by atomic mass is 9.91. The molecule has 0 saturated carbocycles. The number of hydrogen-bond acceptors (Lipinski definition) is 26. The van der Waals surface area contributed by atoms with Crippen LogP contribution in [0, 0.1) is 0 Å². The van der Waals surface area contributed by atoms with Crippen molar-refractivity contribution in [2.75, 3.05) is 6.61 Å². The zero-order valence-corrected chi connectivity index (χ0v) is 33.1. The van der Waals surface area contributed by atoms with Crippen LogP contribution in [0.5, 0.6) is 86.2 Å². The van der Waals surface area contributed by atoms with Gasteiger partial charge in [0.15, 0.2) is 81.6 Å². The average molecular weight is 953 g/mol. The molecule has 2 aliphatic heterocycles. The number of phenols is 15. The Hall–Kier alpha value is -10.1. The number of carboxylic acid groups (broad SMARTS) is 1. The van der Waals surface area contributed by atoms with Crippen molar-refractivity contribution in [1.82, 2.24) is 0 Å². The van der Waals surface area contributed by atoms with Gasteiger partial charge in [-0.25, -0.2) is 28.8 Å². The average Bonchev–Trinajstić information content (AvgIpc) is 3.29. The highest BCUT2D eigenvalue weighted by Gasteiger charge is 2.51. The number of phenolic OH excluding ortho intramolecular Hbond substituents is 15. The minimum absolute atomic E-state index is 0.275. The minimum Gasteiger partial charge on any atom is -0.504 e. The summed E-state index contributed by atoms with van der Waals surface area (Å²) in [5, 5.41) is 169. The number of carbonyl (C=O) groups is 6. The van der Waals surface area contributed by atoms with Crippen LogP contribution in [0.4, 0.5) is 0 Å². The Morgan fingerprint density at radius 2 is 0.750 bits per heavy atom. The van der Waals surface area contributed by atoms with Crippen molar-refractivity contribution < 1.29 is 134 Å². The second-order valence-electron chi connectivity index (χ2n) is 14.4. The van der Waals surface area contributed by atoms with Crippen LogP contribution in [0.3, 0.4) is 0 Å². The molecule has 68 heavy (non-hydrogen) atoms. The molecule has 7 rings (SSSR count). The smallest absolute Gasteiger partial charge is 0.349 e. The molecule has 16 N–H and O–H groups in total. The number of cyclic esters (lactones) is 4. The maximum Gasteiger partial charge on any atom is 0.349 e. The molecule has 354 valence electrons. The number of aromatic hydroxyl groups is 15. The second-order valence-corrected chi connectivity index (χ2v) is 14.4. The van der Waals surface area contributed by atoms with E-state index in [1.807, 2.05) is 0 Å². The van der Waals surface area contributed by atoms with Gasteiger partial charge < -0.3 is 105 Å². The van der Waals surface area contributed by atoms with Crippen LogP contribution in [-0.4, -0.2) is 149 Å². The predicted molar refractivity (Wildman–Crippen MR) is 210 cm³/mol. The van der Waals surface area contributed by atoms with Crippen molar-refractivity contribution >= 4 is 35.8 Å². The van der Waals surface area contributed by atoms with E-state index in [1.165, 1.54) is 0 Å². The molecule has 0 amide bonds. The fourth-order valence-corrected chi connectivity index (χ4v) is 7.06. The number of carboxylic acids is 1. The predicted octanol–water partition coefficient (Wildman–Crippen LogP) is 1.38. The molecule has 1 unspecified atom stereocenters. The van der Waals surface area contributed by atoms with Crippen LogP contribution < -0.4 is 0 Å². The maximum atomic E-state index is 14.5. The quantitative estimate of drug-likeness (QED) is 0.0687. The van der Waals surface area contributed by atoms with Gasteiger partial charge in [0.1, 0.15) is 6.61 Å². The Morgan fingerprint density at radius 1 is 0.426 bits per heavy atom. The Balaban J connectivity index is 1.53. The molecule has 0 aromatic heterocycles. The third kappa shape index (κ3) is 7.41. The van der Waals surface area contributed by atoms with Crippen molar-refractivity contribution in [3.8, 4) is 108 Å². The normalized spacial score (nSPS) is 18.1. The van der Waals surface area contributed by atoms with E-state index in [-0.39, 0.29) is 12.1 Å². The SMILES string of the molecule is O=C(OC1COC(=O)c2cc(O)c(O)c(O)c2-c2c(cc(O)c(O)c2O)C(=O)O[C@H]1[C@@H]1OC(=O)c2cc(O)c(O)c(O)c2-c2c(cc(O)c(O)c2O)C(=O)O[C@H]1C(=O)O)c1cc(O)c(O)c(O)c1. The van der Waals surface area contributed by atoms with Crippen molar-refractivity contribution in [3.05, 3.63) is 64.2 Å². The lowest BCUT2D eigenvalue weighted by Crippen LogP contribution is -2.55. The highest BCUT2D eigenvalue weighted by atomic mass is 16.6. The molecule has 0 spiro atoms. The van der Waals surface area contributed by atoms with Gasteiger partial charge in [-0.05, 0) is 36.4 Å². The van der Waals surface area contributed by atoms with E-state index in [2.05, 4.69) is 0 Å². The molecule has 0 bridgehead atoms. The van der Waals surface area contributed by atoms with E-state index in [9.17, 15) is 110 Å². The molecule has 0 saturated heterocycles. The summed E-state index contributed by atoms with van der Waals surface area (Å²) in [7, 11) is 0. The van der Waals surface area contributed by atoms with Gasteiger partial charge in [-0.1, -0.05) is 0 Å². The van der Waals surface area contributed by atoms with Gasteiger partial charge in [-0.2, -0.15) is 0 Å². The maximum absolute atomic E-state index is 14.5. The highest BCUT2D eigenvalue weighted by molar-refractivity contribution is 6.10. The summed E-state index contributed by atoms with van der Waals surface area (Å²) in [4.78, 5) is 83.9. The molecule has 0 fully saturated rings. The Labute approximate surface area is 373 Å². The van der Waals surface area contributed by atoms with E-state index in [0.717, 1.165) is 0 Å². The van der Waals surface area contributed by atoms with Gasteiger partial charge >= 0.3 is 35.8 Å². The molecule has 27 nitrogen and oxygen atoms in total. The Bertz CT molecular complexity index is 3060. The molecule has 0 radical (unpaired) electrons. The zero-order valence-electron chi connectivity index (χ0n) is 33.1. The van der Waals surface area contributed by atoms with Crippen LogP contribution in [0.25, 0.3) is 22.3 Å². The van der Waals surface area contributed by atoms with Gasteiger partial charge in [-0.3, -0.25) is 0 Å². The van der Waals surface area contributed by atoms with E-state index < -0.39 is 203 Å². The summed E-state index contributed by atoms with van der Waals surface area (Å²) in [6.07, 6.45) is -11.9. The summed E-state index contributed by atoms with van der Waals surface area (Å²) in [5.41, 5.74) is -10.6. The van der Waals surface area contributed by atoms with Crippen LogP contribution in [0.15, 0.2) is 36.4 Å². The first-order valence-electron chi connectivity index (χ1n) is 18.5. The fraction of sp³-hybridized carbons (Fsp3) is 0.122. The molecule has 27 heteroatoms. The standard InChI is InChI=1S/C41H28O27/c42-13-1-8(2-14(43)24(13)48)37(59)65-19-7-64-38(60)9-3-15(44)25(49)29(53)20(9)21-10(4-16(45)26(50)30(21)54)39(61)66-33(19)34-35(36(57)58)68-41(63)12-6-18(47)28(52)32(56)23(12)22-11(40(62)67-34)5-17(46)27(51)31(22)55/h1-6,19,33-35,42-56H,7H2,(H,57,58)/t19?,33-,34+,35-/m1/s1. The number of esters is 5. The van der Waals surface area contributed by atoms with Gasteiger partial charge in [0.2, 0.25) is 29.1 Å². The summed E-state index contributed by atoms with van der Waals surface area (Å²) in [5.74, 6) is -33.0. The van der Waals surface area contributed by atoms with E-state index in [4.69, 9.17) is 23.7 Å². The molecular formula is C41H28O27. The monoisotopic (exact) mass is 952 g/mol. The minimum atomic E-state index is -3.14. The molecule has 4 atom stereocenters. The second kappa shape index (κ2) is 16.5. The van der Waals surface area contributed by atoms with Crippen LogP contribution in [-0.2, 0) is 28.5 Å². The van der Waals surface area contributed by atoms with Gasteiger partial charge in [0.05, 0.1) is 27.8 Å². The van der Waals surface area contributed by atoms with E-state index >= 15 is 0 Å². The molecule has 2 aliphatic rings. The Kier molecular flexibility index (Phi) is 11.1. The third-order valence-corrected chi connectivity index (χ3v) is 10.3. The Morgan fingerprint density at radius 3 is 1.12 bits per heavy atom. The topological polar surface area (TPSA) is 472 Å². The van der Waals surface area contributed by atoms with Crippen molar-refractivity contribution in [2.24, 2.45) is 0 Å². The first-order chi connectivity index (χ1) is 31.8. The van der Waals surface area contributed by atoms with Gasteiger partial charge in [0.25, 0.3) is 0 Å². The number of hydrogen-bond donors (Lipinski definition) is 16. The van der Waals surface area contributed by atoms with Gasteiger partial charge in [-0.15, -0.1) is 0 Å². The fourth-order valence-electron chi connectivity index (χ4n) is 7.06. The zero-order chi connectivity index (χ0) is 50.1. The summed E-state index contributed by atoms with van der Waals surface area (Å²) < 4.78 is 26.8. The van der Waals surface area contributed by atoms with Crippen molar-refractivity contribution in [1.29, 1.82) is 0 Å². The number of rotatable bonds is 4. The molecule has 5 aromatic carbocycles. The lowest BCUT2D eigenvalue weighted by molar-refractivity contribution is -0.167. The van der Waals surface area contributed by atoms with Gasteiger partial charge in [0, 0.05) is 22.3 Å². The van der Waals surface area contributed by atoms with Crippen LogP contribution in [0.2, 0.25) is 0 Å². The lowest BCUT2D eigenvalue weighted by Gasteiger charge is -2.35. The van der Waals surface area contributed by atoms with Crippen LogP contribution >= 0.6 is 0 Å². The summed E-state index contributed by atoms with van der Waals surface area (Å²) in [6.45, 7) is -1.59. The van der Waals surface area contributed by atoms with E-state index in [0.29, 0.717) is 24.3 Å².